The summed E-state index contributed by atoms with van der Waals surface area (Å²) in [7, 11) is -4.36. The lowest BCUT2D eigenvalue weighted by molar-refractivity contribution is -0.387. The van der Waals surface area contributed by atoms with Gasteiger partial charge < -0.3 is 4.90 Å². The molecule has 152 valence electrons. The molecule has 0 bridgehead atoms. The van der Waals surface area contributed by atoms with Crippen molar-refractivity contribution in [2.24, 2.45) is 0 Å². The molecule has 0 aromatic heterocycles. The number of nitrogens with one attached hydrogen (secondary N) is 1. The predicted octanol–water partition coefficient (Wildman–Crippen LogP) is 2.59. The molecule has 0 radical (unpaired) electrons. The van der Waals surface area contributed by atoms with Crippen LogP contribution in [0.25, 0.3) is 0 Å². The standard InChI is InChI=1S/C19H19N3O6S/c23-18(19(24)21-12-6-1-7-13-21)14-8-2-3-9-15(14)20-29(27,28)17-11-5-4-10-16(17)22(25)26/h2-5,8-11,20H,1,6-7,12-13H2. The van der Waals surface area contributed by atoms with E-state index in [9.17, 15) is 28.1 Å². The van der Waals surface area contributed by atoms with Gasteiger partial charge >= 0.3 is 0 Å². The maximum absolute atomic E-state index is 12.8. The fourth-order valence-corrected chi connectivity index (χ4v) is 4.41. The highest BCUT2D eigenvalue weighted by molar-refractivity contribution is 7.92. The van der Waals surface area contributed by atoms with Crippen LogP contribution in [0.1, 0.15) is 29.6 Å². The molecule has 0 spiro atoms. The summed E-state index contributed by atoms with van der Waals surface area (Å²) in [6.45, 7) is 0.962. The molecule has 1 aliphatic rings. The van der Waals surface area contributed by atoms with Crippen molar-refractivity contribution in [3.8, 4) is 0 Å². The number of amides is 1. The third-order valence-electron chi connectivity index (χ3n) is 4.60. The number of anilines is 1. The van der Waals surface area contributed by atoms with Crippen LogP contribution in [0, 0.1) is 10.1 Å². The minimum atomic E-state index is -4.36. The van der Waals surface area contributed by atoms with E-state index in [1.807, 2.05) is 0 Å². The Kier molecular flexibility index (Phi) is 5.92. The van der Waals surface area contributed by atoms with Crippen LogP contribution in [0.4, 0.5) is 11.4 Å². The van der Waals surface area contributed by atoms with E-state index >= 15 is 0 Å². The minimum absolute atomic E-state index is 0.106. The Balaban J connectivity index is 1.92. The average molecular weight is 417 g/mol. The first-order valence-corrected chi connectivity index (χ1v) is 10.5. The number of hydrogen-bond donors (Lipinski definition) is 1. The van der Waals surface area contributed by atoms with Gasteiger partial charge in [-0.05, 0) is 37.5 Å². The molecule has 1 aliphatic heterocycles. The van der Waals surface area contributed by atoms with E-state index in [4.69, 9.17) is 0 Å². The largest absolute Gasteiger partial charge is 0.336 e. The van der Waals surface area contributed by atoms with Gasteiger partial charge in [-0.25, -0.2) is 8.42 Å². The first-order valence-electron chi connectivity index (χ1n) is 9.00. The summed E-state index contributed by atoms with van der Waals surface area (Å²) in [6, 6.07) is 10.6. The molecule has 1 fully saturated rings. The second-order valence-electron chi connectivity index (χ2n) is 6.56. The topological polar surface area (TPSA) is 127 Å². The maximum atomic E-state index is 12.8. The predicted molar refractivity (Wildman–Crippen MR) is 105 cm³/mol. The Morgan fingerprint density at radius 2 is 1.59 bits per heavy atom. The van der Waals surface area contributed by atoms with Gasteiger partial charge in [0, 0.05) is 19.2 Å². The summed E-state index contributed by atoms with van der Waals surface area (Å²) >= 11 is 0. The zero-order chi connectivity index (χ0) is 21.0. The number of piperidine rings is 1. The Morgan fingerprint density at radius 1 is 0.966 bits per heavy atom. The van der Waals surface area contributed by atoms with Crippen LogP contribution in [0.5, 0.6) is 0 Å². The van der Waals surface area contributed by atoms with E-state index < -0.39 is 37.2 Å². The van der Waals surface area contributed by atoms with Crippen LogP contribution < -0.4 is 4.72 Å². The Hall–Kier alpha value is -3.27. The Bertz CT molecular complexity index is 1060. The molecule has 10 heteroatoms. The first-order chi connectivity index (χ1) is 13.8. The van der Waals surface area contributed by atoms with Crippen molar-refractivity contribution >= 4 is 33.1 Å². The van der Waals surface area contributed by atoms with Gasteiger partial charge in [0.2, 0.25) is 0 Å². The first kappa shape index (κ1) is 20.5. The van der Waals surface area contributed by atoms with Gasteiger partial charge in [0.25, 0.3) is 27.4 Å². The number of sulfonamides is 1. The van der Waals surface area contributed by atoms with Crippen LogP contribution in [-0.4, -0.2) is 43.0 Å². The highest BCUT2D eigenvalue weighted by Gasteiger charge is 2.29. The van der Waals surface area contributed by atoms with Gasteiger partial charge in [-0.1, -0.05) is 24.3 Å². The molecule has 1 amide bonds. The summed E-state index contributed by atoms with van der Waals surface area (Å²) in [5, 5.41) is 11.2. The molecular weight excluding hydrogens is 398 g/mol. The molecule has 0 atom stereocenters. The van der Waals surface area contributed by atoms with Crippen molar-refractivity contribution < 1.29 is 22.9 Å². The number of ketones is 1. The number of rotatable bonds is 6. The van der Waals surface area contributed by atoms with Gasteiger partial charge in [-0.15, -0.1) is 0 Å². The second kappa shape index (κ2) is 8.39. The maximum Gasteiger partial charge on any atom is 0.295 e. The van der Waals surface area contributed by atoms with Crippen molar-refractivity contribution in [3.05, 3.63) is 64.2 Å². The fourth-order valence-electron chi connectivity index (χ4n) is 3.16. The number of benzene rings is 2. The molecule has 1 saturated heterocycles. The number of nitrogens with zero attached hydrogens (tertiary/aromatic N) is 2. The average Bonchev–Trinajstić information content (AvgIpc) is 2.73. The molecule has 2 aromatic rings. The van der Waals surface area contributed by atoms with Gasteiger partial charge in [0.1, 0.15) is 0 Å². The van der Waals surface area contributed by atoms with Crippen molar-refractivity contribution in [2.45, 2.75) is 24.2 Å². The van der Waals surface area contributed by atoms with Gasteiger partial charge in [-0.2, -0.15) is 0 Å². The normalized spacial score (nSPS) is 14.3. The van der Waals surface area contributed by atoms with Crippen molar-refractivity contribution in [3.63, 3.8) is 0 Å². The van der Waals surface area contributed by atoms with Gasteiger partial charge in [0.15, 0.2) is 4.90 Å². The molecule has 1 heterocycles. The highest BCUT2D eigenvalue weighted by Crippen LogP contribution is 2.27. The lowest BCUT2D eigenvalue weighted by Crippen LogP contribution is -2.40. The smallest absolute Gasteiger partial charge is 0.295 e. The summed E-state index contributed by atoms with van der Waals surface area (Å²) in [5.41, 5.74) is -0.806. The van der Waals surface area contributed by atoms with Gasteiger partial charge in [-0.3, -0.25) is 24.4 Å². The number of carbonyl (C=O) groups is 2. The van der Waals surface area contributed by atoms with Crippen molar-refractivity contribution in [2.75, 3.05) is 17.8 Å². The number of likely N-dealkylation sites (tertiary alicyclic amines) is 1. The van der Waals surface area contributed by atoms with Crippen LogP contribution >= 0.6 is 0 Å². The SMILES string of the molecule is O=C(C(=O)N1CCCCC1)c1ccccc1NS(=O)(=O)c1ccccc1[N+](=O)[O-]. The van der Waals surface area contributed by atoms with E-state index in [2.05, 4.69) is 4.72 Å². The Morgan fingerprint density at radius 3 is 2.28 bits per heavy atom. The lowest BCUT2D eigenvalue weighted by Gasteiger charge is -2.26. The molecule has 0 unspecified atom stereocenters. The van der Waals surface area contributed by atoms with E-state index in [1.165, 1.54) is 41.3 Å². The molecule has 1 N–H and O–H groups in total. The van der Waals surface area contributed by atoms with E-state index in [0.29, 0.717) is 13.1 Å². The van der Waals surface area contributed by atoms with E-state index in [1.54, 1.807) is 0 Å². The van der Waals surface area contributed by atoms with Crippen molar-refractivity contribution in [1.82, 2.24) is 4.90 Å². The molecular formula is C19H19N3O6S. The third-order valence-corrected chi connectivity index (χ3v) is 6.02. The molecule has 3 rings (SSSR count). The summed E-state index contributed by atoms with van der Waals surface area (Å²) < 4.78 is 27.7. The van der Waals surface area contributed by atoms with Gasteiger partial charge in [0.05, 0.1) is 16.2 Å². The minimum Gasteiger partial charge on any atom is -0.336 e. The van der Waals surface area contributed by atoms with E-state index in [0.717, 1.165) is 31.4 Å². The number of carbonyl (C=O) groups excluding carboxylic acids is 2. The number of para-hydroxylation sites is 2. The summed E-state index contributed by atoms with van der Waals surface area (Å²) in [4.78, 5) is 36.6. The highest BCUT2D eigenvalue weighted by atomic mass is 32.2. The van der Waals surface area contributed by atoms with Crippen LogP contribution in [0.2, 0.25) is 0 Å². The molecule has 9 nitrogen and oxygen atoms in total. The number of hydrogen-bond acceptors (Lipinski definition) is 6. The fraction of sp³-hybridized carbons (Fsp3) is 0.263. The van der Waals surface area contributed by atoms with E-state index in [-0.39, 0.29) is 11.3 Å². The zero-order valence-electron chi connectivity index (χ0n) is 15.4. The van der Waals surface area contributed by atoms with Crippen LogP contribution in [-0.2, 0) is 14.8 Å². The lowest BCUT2D eigenvalue weighted by atomic mass is 10.1. The molecule has 29 heavy (non-hydrogen) atoms. The summed E-state index contributed by atoms with van der Waals surface area (Å²) in [5.74, 6) is -1.52. The molecule has 0 saturated carbocycles. The quantitative estimate of drug-likeness (QED) is 0.333. The van der Waals surface area contributed by atoms with Crippen LogP contribution in [0.15, 0.2) is 53.4 Å². The second-order valence-corrected chi connectivity index (χ2v) is 8.21. The summed E-state index contributed by atoms with van der Waals surface area (Å²) in [6.07, 6.45) is 2.61. The zero-order valence-corrected chi connectivity index (χ0v) is 16.2. The Labute approximate surface area is 167 Å². The van der Waals surface area contributed by atoms with Crippen LogP contribution in [0.3, 0.4) is 0 Å². The number of nitro benzene ring substituents is 1. The molecule has 2 aromatic carbocycles. The van der Waals surface area contributed by atoms with Crippen molar-refractivity contribution in [1.29, 1.82) is 0 Å². The monoisotopic (exact) mass is 417 g/mol. The number of nitro groups is 1. The number of Topliss-reactive ketones (excluding diaryl/α,β-unsaturated/α-hetero) is 1. The third kappa shape index (κ3) is 4.43. The molecule has 0 aliphatic carbocycles.